The van der Waals surface area contributed by atoms with E-state index in [1.807, 2.05) is 6.92 Å². The molecule has 0 amide bonds. The molecule has 0 aliphatic heterocycles. The standard InChI is InChI=1S/C14H16F3/c1-4-6-11-7-8-12(10(3)5-2)9-13(11)14(15,16)17/h5,7-10H,2-4,6H2,1H3. The fourth-order valence-corrected chi connectivity index (χ4v) is 1.71. The molecule has 93 valence electrons. The van der Waals surface area contributed by atoms with Crippen LogP contribution in [0.3, 0.4) is 0 Å². The number of benzene rings is 1. The molecule has 17 heavy (non-hydrogen) atoms. The van der Waals surface area contributed by atoms with Gasteiger partial charge in [-0.2, -0.15) is 13.2 Å². The Morgan fingerprint density at radius 1 is 1.35 bits per heavy atom. The Labute approximate surface area is 100 Å². The van der Waals surface area contributed by atoms with Crippen LogP contribution in [-0.4, -0.2) is 0 Å². The number of aryl methyl sites for hydroxylation is 1. The number of halogens is 3. The molecule has 3 heteroatoms. The summed E-state index contributed by atoms with van der Waals surface area (Å²) in [6, 6.07) is 4.42. The fourth-order valence-electron chi connectivity index (χ4n) is 1.71. The zero-order chi connectivity index (χ0) is 13.1. The molecule has 1 aromatic carbocycles. The quantitative estimate of drug-likeness (QED) is 0.666. The van der Waals surface area contributed by atoms with Crippen molar-refractivity contribution in [2.24, 2.45) is 0 Å². The third-order valence-corrected chi connectivity index (χ3v) is 2.67. The van der Waals surface area contributed by atoms with Gasteiger partial charge >= 0.3 is 6.18 Å². The molecule has 0 bridgehead atoms. The second-order valence-electron chi connectivity index (χ2n) is 4.01. The SMILES string of the molecule is [CH2]C(C=C)c1ccc(CCC)c(C(F)(F)F)c1. The van der Waals surface area contributed by atoms with Crippen LogP contribution in [0.2, 0.25) is 0 Å². The number of alkyl halides is 3. The van der Waals surface area contributed by atoms with Gasteiger partial charge in [-0.05, 0) is 30.5 Å². The van der Waals surface area contributed by atoms with E-state index in [1.54, 1.807) is 12.1 Å². The van der Waals surface area contributed by atoms with Gasteiger partial charge in [-0.25, -0.2) is 0 Å². The molecule has 0 saturated carbocycles. The molecular weight excluding hydrogens is 225 g/mol. The highest BCUT2D eigenvalue weighted by Crippen LogP contribution is 2.34. The minimum atomic E-state index is -4.30. The molecule has 0 nitrogen and oxygen atoms in total. The van der Waals surface area contributed by atoms with E-state index in [-0.39, 0.29) is 5.92 Å². The summed E-state index contributed by atoms with van der Waals surface area (Å²) in [6.07, 6.45) is -1.64. The summed E-state index contributed by atoms with van der Waals surface area (Å²) in [7, 11) is 0. The van der Waals surface area contributed by atoms with Crippen molar-refractivity contribution in [1.29, 1.82) is 0 Å². The number of rotatable bonds is 4. The van der Waals surface area contributed by atoms with E-state index in [0.29, 0.717) is 24.0 Å². The van der Waals surface area contributed by atoms with Gasteiger partial charge in [0.25, 0.3) is 0 Å². The molecule has 1 rings (SSSR count). The minimum absolute atomic E-state index is 0.313. The predicted octanol–water partition coefficient (Wildman–Crippen LogP) is 4.76. The topological polar surface area (TPSA) is 0 Å². The maximum atomic E-state index is 12.9. The van der Waals surface area contributed by atoms with Crippen molar-refractivity contribution in [3.63, 3.8) is 0 Å². The van der Waals surface area contributed by atoms with Gasteiger partial charge in [-0.1, -0.05) is 31.6 Å². The molecule has 0 aliphatic carbocycles. The average molecular weight is 241 g/mol. The van der Waals surface area contributed by atoms with Crippen molar-refractivity contribution in [1.82, 2.24) is 0 Å². The number of allylic oxidation sites excluding steroid dienone is 1. The smallest absolute Gasteiger partial charge is 0.166 e. The van der Waals surface area contributed by atoms with Crippen LogP contribution in [0.25, 0.3) is 0 Å². The lowest BCUT2D eigenvalue weighted by Crippen LogP contribution is -2.10. The van der Waals surface area contributed by atoms with Crippen LogP contribution in [0.1, 0.15) is 36.0 Å². The summed E-state index contributed by atoms with van der Waals surface area (Å²) in [5.74, 6) is -0.313. The van der Waals surface area contributed by atoms with Gasteiger partial charge in [0.15, 0.2) is 0 Å². The summed E-state index contributed by atoms with van der Waals surface area (Å²) in [5.41, 5.74) is 0.347. The first-order valence-corrected chi connectivity index (χ1v) is 5.55. The van der Waals surface area contributed by atoms with Crippen molar-refractivity contribution in [3.8, 4) is 0 Å². The van der Waals surface area contributed by atoms with Crippen molar-refractivity contribution in [2.75, 3.05) is 0 Å². The summed E-state index contributed by atoms with van der Waals surface area (Å²) >= 11 is 0. The normalized spacial score (nSPS) is 13.5. The molecule has 0 fully saturated rings. The van der Waals surface area contributed by atoms with Crippen molar-refractivity contribution in [2.45, 2.75) is 31.9 Å². The summed E-state index contributed by atoms with van der Waals surface area (Å²) in [5, 5.41) is 0. The van der Waals surface area contributed by atoms with Crippen LogP contribution in [0.5, 0.6) is 0 Å². The van der Waals surface area contributed by atoms with Gasteiger partial charge < -0.3 is 0 Å². The van der Waals surface area contributed by atoms with Gasteiger partial charge in [0.05, 0.1) is 5.56 Å². The summed E-state index contributed by atoms with van der Waals surface area (Å²) < 4.78 is 38.6. The lowest BCUT2D eigenvalue weighted by atomic mass is 9.94. The first-order valence-electron chi connectivity index (χ1n) is 5.55. The number of hydrogen-bond donors (Lipinski definition) is 0. The van der Waals surface area contributed by atoms with Gasteiger partial charge in [0.1, 0.15) is 0 Å². The molecule has 1 unspecified atom stereocenters. The lowest BCUT2D eigenvalue weighted by Gasteiger charge is -2.15. The summed E-state index contributed by atoms with van der Waals surface area (Å²) in [4.78, 5) is 0. The van der Waals surface area contributed by atoms with Crippen LogP contribution < -0.4 is 0 Å². The van der Waals surface area contributed by atoms with Gasteiger partial charge in [-0.15, -0.1) is 6.58 Å². The Morgan fingerprint density at radius 2 is 2.00 bits per heavy atom. The highest BCUT2D eigenvalue weighted by Gasteiger charge is 2.33. The Balaban J connectivity index is 3.24. The fraction of sp³-hybridized carbons (Fsp3) is 0.357. The molecule has 0 aromatic heterocycles. The van der Waals surface area contributed by atoms with Crippen LogP contribution in [0, 0.1) is 6.92 Å². The zero-order valence-corrected chi connectivity index (χ0v) is 9.85. The van der Waals surface area contributed by atoms with E-state index in [4.69, 9.17) is 0 Å². The maximum absolute atomic E-state index is 12.9. The Hall–Kier alpha value is -1.25. The second kappa shape index (κ2) is 5.39. The minimum Gasteiger partial charge on any atom is -0.166 e. The Bertz CT molecular complexity index is 391. The summed E-state index contributed by atoms with van der Waals surface area (Å²) in [6.45, 7) is 9.15. The van der Waals surface area contributed by atoms with E-state index >= 15 is 0 Å². The predicted molar refractivity (Wildman–Crippen MR) is 63.7 cm³/mol. The lowest BCUT2D eigenvalue weighted by molar-refractivity contribution is -0.138. The number of hydrogen-bond acceptors (Lipinski definition) is 0. The highest BCUT2D eigenvalue weighted by molar-refractivity contribution is 5.37. The van der Waals surface area contributed by atoms with E-state index in [9.17, 15) is 13.2 Å². The monoisotopic (exact) mass is 241 g/mol. The molecule has 1 radical (unpaired) electrons. The van der Waals surface area contributed by atoms with Crippen LogP contribution >= 0.6 is 0 Å². The van der Waals surface area contributed by atoms with E-state index in [0.717, 1.165) is 0 Å². The van der Waals surface area contributed by atoms with Crippen LogP contribution in [-0.2, 0) is 12.6 Å². The molecule has 0 spiro atoms. The molecular formula is C14H16F3. The highest BCUT2D eigenvalue weighted by atomic mass is 19.4. The zero-order valence-electron chi connectivity index (χ0n) is 9.85. The van der Waals surface area contributed by atoms with E-state index < -0.39 is 11.7 Å². The van der Waals surface area contributed by atoms with Gasteiger partial charge in [-0.3, -0.25) is 0 Å². The molecule has 0 aliphatic rings. The van der Waals surface area contributed by atoms with Crippen molar-refractivity contribution in [3.05, 3.63) is 54.5 Å². The van der Waals surface area contributed by atoms with E-state index in [1.165, 1.54) is 12.1 Å². The molecule has 1 atom stereocenters. The average Bonchev–Trinajstić information content (AvgIpc) is 2.27. The van der Waals surface area contributed by atoms with Crippen LogP contribution in [0.15, 0.2) is 30.9 Å². The Kier molecular flexibility index (Phi) is 4.38. The third-order valence-electron chi connectivity index (χ3n) is 2.67. The molecule has 0 N–H and O–H groups in total. The van der Waals surface area contributed by atoms with Gasteiger partial charge in [0, 0.05) is 5.92 Å². The Morgan fingerprint density at radius 3 is 2.47 bits per heavy atom. The molecule has 0 saturated heterocycles. The third kappa shape index (κ3) is 3.35. The first kappa shape index (κ1) is 13.8. The second-order valence-corrected chi connectivity index (χ2v) is 4.01. The van der Waals surface area contributed by atoms with Gasteiger partial charge in [0.2, 0.25) is 0 Å². The van der Waals surface area contributed by atoms with Crippen molar-refractivity contribution < 1.29 is 13.2 Å². The molecule has 0 heterocycles. The molecule has 1 aromatic rings. The first-order chi connectivity index (χ1) is 7.90. The largest absolute Gasteiger partial charge is 0.416 e. The maximum Gasteiger partial charge on any atom is 0.416 e. The van der Waals surface area contributed by atoms with Crippen LogP contribution in [0.4, 0.5) is 13.2 Å². The van der Waals surface area contributed by atoms with Crippen molar-refractivity contribution >= 4 is 0 Å². The van der Waals surface area contributed by atoms with E-state index in [2.05, 4.69) is 13.5 Å².